The molecular weight excluding hydrogens is 348 g/mol. The van der Waals surface area contributed by atoms with Crippen LogP contribution in [0.2, 0.25) is 0 Å². The van der Waals surface area contributed by atoms with E-state index in [1.807, 2.05) is 12.3 Å². The molecule has 4 rings (SSSR count). The molecule has 0 spiro atoms. The number of benzene rings is 2. The zero-order chi connectivity index (χ0) is 19.7. The molecule has 0 saturated heterocycles. The predicted octanol–water partition coefficient (Wildman–Crippen LogP) is 3.96. The Hall–Kier alpha value is -2.17. The number of aryl methyl sites for hydroxylation is 2. The second-order valence-electron chi connectivity index (χ2n) is 7.98. The lowest BCUT2D eigenvalue weighted by molar-refractivity contribution is 0.169. The highest BCUT2D eigenvalue weighted by Gasteiger charge is 2.25. The van der Waals surface area contributed by atoms with Crippen molar-refractivity contribution in [3.8, 4) is 5.75 Å². The molecular formula is C24H30N2O2. The largest absolute Gasteiger partial charge is 0.506 e. The molecule has 2 aromatic carbocycles. The molecule has 1 heterocycles. The van der Waals surface area contributed by atoms with Crippen molar-refractivity contribution in [2.24, 2.45) is 4.99 Å². The Morgan fingerprint density at radius 2 is 1.79 bits per heavy atom. The summed E-state index contributed by atoms with van der Waals surface area (Å²) >= 11 is 0. The maximum Gasteiger partial charge on any atom is 0.141 e. The summed E-state index contributed by atoms with van der Waals surface area (Å²) in [7, 11) is 0. The summed E-state index contributed by atoms with van der Waals surface area (Å²) in [5.74, 6) is 0.194. The summed E-state index contributed by atoms with van der Waals surface area (Å²) in [5.41, 5.74) is 8.34. The molecule has 0 bridgehead atoms. The monoisotopic (exact) mass is 378 g/mol. The fraction of sp³-hybridized carbons (Fsp3) is 0.458. The van der Waals surface area contributed by atoms with Gasteiger partial charge in [0.1, 0.15) is 11.4 Å². The van der Waals surface area contributed by atoms with Crippen LogP contribution in [0.3, 0.4) is 0 Å². The number of rotatable bonds is 6. The van der Waals surface area contributed by atoms with E-state index in [-0.39, 0.29) is 5.75 Å². The third-order valence-corrected chi connectivity index (χ3v) is 6.22. The quantitative estimate of drug-likeness (QED) is 0.713. The summed E-state index contributed by atoms with van der Waals surface area (Å²) in [4.78, 5) is 4.33. The van der Waals surface area contributed by atoms with E-state index in [4.69, 9.17) is 0 Å². The molecule has 148 valence electrons. The number of nitrogens with one attached hydrogen (secondary N) is 1. The summed E-state index contributed by atoms with van der Waals surface area (Å²) in [5, 5.41) is 24.4. The van der Waals surface area contributed by atoms with E-state index in [2.05, 4.69) is 36.3 Å². The van der Waals surface area contributed by atoms with E-state index >= 15 is 0 Å². The van der Waals surface area contributed by atoms with Gasteiger partial charge < -0.3 is 15.5 Å². The Morgan fingerprint density at radius 3 is 2.43 bits per heavy atom. The second-order valence-corrected chi connectivity index (χ2v) is 7.98. The highest BCUT2D eigenvalue weighted by atomic mass is 16.3. The zero-order valence-corrected chi connectivity index (χ0v) is 16.8. The van der Waals surface area contributed by atoms with E-state index < -0.39 is 6.10 Å². The maximum absolute atomic E-state index is 10.8. The number of fused-ring (bicyclic) bond motifs is 2. The average Bonchev–Trinajstić information content (AvgIpc) is 3.13. The van der Waals surface area contributed by atoms with Crippen molar-refractivity contribution < 1.29 is 10.2 Å². The van der Waals surface area contributed by atoms with Gasteiger partial charge in [0.2, 0.25) is 0 Å². The van der Waals surface area contributed by atoms with E-state index in [0.29, 0.717) is 18.3 Å². The van der Waals surface area contributed by atoms with E-state index in [1.54, 1.807) is 6.07 Å². The molecule has 3 N–H and O–H groups in total. The van der Waals surface area contributed by atoms with Gasteiger partial charge in [-0.2, -0.15) is 0 Å². The van der Waals surface area contributed by atoms with Crippen LogP contribution in [0.25, 0.3) is 0 Å². The van der Waals surface area contributed by atoms with Gasteiger partial charge in [-0.3, -0.25) is 4.99 Å². The van der Waals surface area contributed by atoms with E-state index in [0.717, 1.165) is 49.7 Å². The highest BCUT2D eigenvalue weighted by molar-refractivity contribution is 5.73. The summed E-state index contributed by atoms with van der Waals surface area (Å²) in [6.07, 6.45) is 7.12. The molecule has 28 heavy (non-hydrogen) atoms. The van der Waals surface area contributed by atoms with E-state index in [9.17, 15) is 10.2 Å². The SMILES string of the molecule is CCc1cc2c(cc1CC)CC(NCC(O)c1ccc(O)c3c1CCC=N3)C2. The van der Waals surface area contributed by atoms with Crippen LogP contribution < -0.4 is 5.32 Å². The van der Waals surface area contributed by atoms with Crippen LogP contribution in [0.5, 0.6) is 5.75 Å². The van der Waals surface area contributed by atoms with Crippen LogP contribution in [-0.2, 0) is 32.1 Å². The first kappa shape index (κ1) is 19.2. The molecule has 0 radical (unpaired) electrons. The number of hydrogen-bond acceptors (Lipinski definition) is 4. The van der Waals surface area contributed by atoms with Crippen molar-refractivity contribution in [2.45, 2.75) is 64.5 Å². The van der Waals surface area contributed by atoms with Crippen LogP contribution in [0.15, 0.2) is 29.3 Å². The molecule has 1 atom stereocenters. The minimum Gasteiger partial charge on any atom is -0.506 e. The standard InChI is InChI=1S/C24H30N2O2/c1-3-15-10-17-12-19(13-18(17)11-16(15)4-2)26-14-23(28)20-7-8-22(27)24-21(20)6-5-9-25-24/h7-11,19,23,26-28H,3-6,12-14H2,1-2H3. The third kappa shape index (κ3) is 3.59. The van der Waals surface area contributed by atoms with Crippen molar-refractivity contribution in [2.75, 3.05) is 6.54 Å². The lowest BCUT2D eigenvalue weighted by Gasteiger charge is -2.21. The molecule has 1 aliphatic carbocycles. The number of hydrogen-bond donors (Lipinski definition) is 3. The van der Waals surface area contributed by atoms with E-state index in [1.165, 1.54) is 22.3 Å². The predicted molar refractivity (Wildman–Crippen MR) is 114 cm³/mol. The average molecular weight is 379 g/mol. The van der Waals surface area contributed by atoms with Crippen molar-refractivity contribution in [1.29, 1.82) is 0 Å². The normalized spacial score (nSPS) is 16.8. The Bertz CT molecular complexity index is 871. The summed E-state index contributed by atoms with van der Waals surface area (Å²) < 4.78 is 0. The molecule has 0 fully saturated rings. The Balaban J connectivity index is 1.44. The second kappa shape index (κ2) is 8.06. The van der Waals surface area contributed by atoms with Crippen molar-refractivity contribution in [1.82, 2.24) is 5.32 Å². The number of aliphatic imine (C=N–C) groups is 1. The number of aromatic hydroxyl groups is 1. The molecule has 2 aliphatic rings. The van der Waals surface area contributed by atoms with Gasteiger partial charge in [-0.1, -0.05) is 32.0 Å². The first-order valence-electron chi connectivity index (χ1n) is 10.5. The minimum atomic E-state index is -0.594. The molecule has 1 aliphatic heterocycles. The lowest BCUT2D eigenvalue weighted by atomic mass is 9.94. The van der Waals surface area contributed by atoms with Crippen LogP contribution in [0, 0.1) is 0 Å². The summed E-state index contributed by atoms with van der Waals surface area (Å²) in [6, 6.07) is 8.63. The minimum absolute atomic E-state index is 0.194. The lowest BCUT2D eigenvalue weighted by Crippen LogP contribution is -2.33. The van der Waals surface area contributed by atoms with Gasteiger partial charge in [-0.25, -0.2) is 0 Å². The third-order valence-electron chi connectivity index (χ3n) is 6.22. The Kier molecular flexibility index (Phi) is 5.51. The molecule has 2 aromatic rings. The first-order valence-corrected chi connectivity index (χ1v) is 10.5. The van der Waals surface area contributed by atoms with Gasteiger partial charge in [0.15, 0.2) is 0 Å². The number of nitrogens with zero attached hydrogens (tertiary/aromatic N) is 1. The smallest absolute Gasteiger partial charge is 0.141 e. The van der Waals surface area contributed by atoms with Crippen molar-refractivity contribution in [3.05, 3.63) is 57.6 Å². The van der Waals surface area contributed by atoms with Gasteiger partial charge in [-0.05, 0) is 78.0 Å². The number of aliphatic hydroxyl groups excluding tert-OH is 1. The number of phenols is 1. The Labute approximate surface area is 167 Å². The van der Waals surface area contributed by atoms with Gasteiger partial charge in [-0.15, -0.1) is 0 Å². The molecule has 4 heteroatoms. The van der Waals surface area contributed by atoms with Gasteiger partial charge >= 0.3 is 0 Å². The fourth-order valence-corrected chi connectivity index (χ4v) is 4.69. The van der Waals surface area contributed by atoms with Crippen LogP contribution in [0.1, 0.15) is 59.8 Å². The molecule has 0 aromatic heterocycles. The van der Waals surface area contributed by atoms with Crippen LogP contribution in [0.4, 0.5) is 5.69 Å². The van der Waals surface area contributed by atoms with Gasteiger partial charge in [0.25, 0.3) is 0 Å². The van der Waals surface area contributed by atoms with Crippen molar-refractivity contribution >= 4 is 11.9 Å². The van der Waals surface area contributed by atoms with Crippen LogP contribution in [-0.4, -0.2) is 29.0 Å². The molecule has 0 saturated carbocycles. The number of phenolic OH excluding ortho intramolecular Hbond substituents is 1. The fourth-order valence-electron chi connectivity index (χ4n) is 4.69. The van der Waals surface area contributed by atoms with Gasteiger partial charge in [0.05, 0.1) is 6.10 Å². The summed E-state index contributed by atoms with van der Waals surface area (Å²) in [6.45, 7) is 4.97. The van der Waals surface area contributed by atoms with Crippen molar-refractivity contribution in [3.63, 3.8) is 0 Å². The van der Waals surface area contributed by atoms with Gasteiger partial charge in [0, 0.05) is 18.8 Å². The highest BCUT2D eigenvalue weighted by Crippen LogP contribution is 2.38. The topological polar surface area (TPSA) is 64.8 Å². The number of aliphatic hydroxyl groups is 1. The Morgan fingerprint density at radius 1 is 1.11 bits per heavy atom. The molecule has 1 unspecified atom stereocenters. The zero-order valence-electron chi connectivity index (χ0n) is 16.8. The first-order chi connectivity index (χ1) is 13.6. The van der Waals surface area contributed by atoms with Crippen LogP contribution >= 0.6 is 0 Å². The maximum atomic E-state index is 10.8. The molecule has 4 nitrogen and oxygen atoms in total. The molecule has 0 amide bonds.